The van der Waals surface area contributed by atoms with E-state index in [1.807, 2.05) is 31.2 Å². The van der Waals surface area contributed by atoms with Gasteiger partial charge < -0.3 is 20.1 Å². The van der Waals surface area contributed by atoms with Crippen LogP contribution in [0.15, 0.2) is 36.5 Å². The third-order valence-corrected chi connectivity index (χ3v) is 5.06. The first-order valence-electron chi connectivity index (χ1n) is 11.5. The third-order valence-electron chi connectivity index (χ3n) is 4.08. The highest BCUT2D eigenvalue weighted by molar-refractivity contribution is 7.47. The lowest BCUT2D eigenvalue weighted by Crippen LogP contribution is -2.29. The highest BCUT2D eigenvalue weighted by Crippen LogP contribution is 2.43. The van der Waals surface area contributed by atoms with E-state index >= 15 is 0 Å². The largest absolute Gasteiger partial charge is 0.472 e. The van der Waals surface area contributed by atoms with Gasteiger partial charge >= 0.3 is 19.8 Å². The van der Waals surface area contributed by atoms with E-state index < -0.39 is 32.5 Å². The lowest BCUT2D eigenvalue weighted by atomic mass is 10.2. The first-order valence-corrected chi connectivity index (χ1v) is 13.0. The van der Waals surface area contributed by atoms with Gasteiger partial charge in [0.05, 0.1) is 26.1 Å². The summed E-state index contributed by atoms with van der Waals surface area (Å²) >= 11 is 0. The molecule has 33 heavy (non-hydrogen) atoms. The predicted molar refractivity (Wildman–Crippen MR) is 127 cm³/mol. The fraction of sp³-hybridized carbons (Fsp3) is 0.652. The highest BCUT2D eigenvalue weighted by atomic mass is 31.2. The van der Waals surface area contributed by atoms with Crippen LogP contribution in [0.3, 0.4) is 0 Å². The van der Waals surface area contributed by atoms with Crippen molar-refractivity contribution in [1.82, 2.24) is 0 Å². The molecule has 0 aliphatic rings. The Labute approximate surface area is 197 Å². The number of phosphoric acid groups is 1. The molecule has 0 amide bonds. The maximum absolute atomic E-state index is 12.1. The number of allylic oxidation sites excluding steroid dienone is 4. The molecular formula is C23H40NO8P. The summed E-state index contributed by atoms with van der Waals surface area (Å²) in [6, 6.07) is 0. The molecule has 0 aliphatic heterocycles. The summed E-state index contributed by atoms with van der Waals surface area (Å²) in [5.41, 5.74) is 5.24. The van der Waals surface area contributed by atoms with Crippen LogP contribution in [0.25, 0.3) is 0 Å². The molecule has 0 aromatic rings. The van der Waals surface area contributed by atoms with Crippen molar-refractivity contribution in [3.05, 3.63) is 36.5 Å². The zero-order chi connectivity index (χ0) is 24.8. The van der Waals surface area contributed by atoms with Crippen molar-refractivity contribution >= 4 is 19.8 Å². The van der Waals surface area contributed by atoms with E-state index in [1.165, 1.54) is 0 Å². The number of esters is 2. The summed E-state index contributed by atoms with van der Waals surface area (Å²) in [7, 11) is -4.37. The summed E-state index contributed by atoms with van der Waals surface area (Å²) in [5, 5.41) is 0. The SMILES string of the molecule is CCC=CCC=CCC(=O)OC[C@H](COP(=O)(O)OCCN)OC(=O)CC=CCCCCC. The number of phosphoric ester groups is 1. The normalized spacial score (nSPS) is 14.7. The van der Waals surface area contributed by atoms with Crippen molar-refractivity contribution in [2.75, 3.05) is 26.4 Å². The average molecular weight is 490 g/mol. The van der Waals surface area contributed by atoms with Crippen LogP contribution in [0.4, 0.5) is 0 Å². The van der Waals surface area contributed by atoms with Crippen LogP contribution in [0.5, 0.6) is 0 Å². The maximum Gasteiger partial charge on any atom is 0.472 e. The Morgan fingerprint density at radius 1 is 0.939 bits per heavy atom. The van der Waals surface area contributed by atoms with Gasteiger partial charge in [0, 0.05) is 6.54 Å². The summed E-state index contributed by atoms with van der Waals surface area (Å²) in [6.45, 7) is 3.23. The van der Waals surface area contributed by atoms with Crippen LogP contribution >= 0.6 is 7.82 Å². The van der Waals surface area contributed by atoms with Gasteiger partial charge in [-0.25, -0.2) is 4.57 Å². The van der Waals surface area contributed by atoms with Gasteiger partial charge in [-0.3, -0.25) is 18.6 Å². The second-order valence-corrected chi connectivity index (χ2v) is 8.60. The van der Waals surface area contributed by atoms with E-state index in [2.05, 4.69) is 11.4 Å². The summed E-state index contributed by atoms with van der Waals surface area (Å²) in [6.07, 6.45) is 16.0. The second-order valence-electron chi connectivity index (χ2n) is 7.14. The van der Waals surface area contributed by atoms with Gasteiger partial charge in [0.2, 0.25) is 0 Å². The Kier molecular flexibility index (Phi) is 19.7. The van der Waals surface area contributed by atoms with Crippen molar-refractivity contribution in [2.45, 2.75) is 71.3 Å². The van der Waals surface area contributed by atoms with Gasteiger partial charge in [0.25, 0.3) is 0 Å². The van der Waals surface area contributed by atoms with Gasteiger partial charge in [0.15, 0.2) is 6.10 Å². The molecular weight excluding hydrogens is 449 g/mol. The molecule has 0 aromatic heterocycles. The Balaban J connectivity index is 4.67. The molecule has 0 radical (unpaired) electrons. The van der Waals surface area contributed by atoms with E-state index in [9.17, 15) is 19.0 Å². The molecule has 10 heteroatoms. The molecule has 2 atom stereocenters. The minimum Gasteiger partial charge on any atom is -0.461 e. The van der Waals surface area contributed by atoms with E-state index in [0.717, 1.165) is 38.5 Å². The van der Waals surface area contributed by atoms with Crippen LogP contribution in [-0.2, 0) is 32.7 Å². The number of unbranched alkanes of at least 4 members (excludes halogenated alkanes) is 3. The Morgan fingerprint density at radius 2 is 1.64 bits per heavy atom. The number of ether oxygens (including phenoxy) is 2. The van der Waals surface area contributed by atoms with Crippen molar-refractivity contribution in [3.8, 4) is 0 Å². The minimum atomic E-state index is -4.37. The number of hydrogen-bond acceptors (Lipinski definition) is 8. The average Bonchev–Trinajstić information content (AvgIpc) is 2.79. The third kappa shape index (κ3) is 20.6. The number of nitrogens with two attached hydrogens (primary N) is 1. The van der Waals surface area contributed by atoms with Gasteiger partial charge in [0.1, 0.15) is 6.61 Å². The monoisotopic (exact) mass is 489 g/mol. The van der Waals surface area contributed by atoms with Gasteiger partial charge in [-0.1, -0.05) is 63.1 Å². The zero-order valence-corrected chi connectivity index (χ0v) is 20.8. The van der Waals surface area contributed by atoms with Crippen LogP contribution in [-0.4, -0.2) is 49.3 Å². The molecule has 0 saturated heterocycles. The standard InChI is InChI=1S/C23H40NO8P/c1-3-5-7-9-11-13-15-22(25)29-19-21(20-31-33(27,28)30-18-17-24)32-23(26)16-14-12-10-8-6-4-2/h5,7,11-14,21H,3-4,6,8-10,15-20,24H2,1-2H3,(H,27,28)/t21-/m1/s1. The summed E-state index contributed by atoms with van der Waals surface area (Å²) in [5.74, 6) is -1.08. The molecule has 0 heterocycles. The molecule has 0 aromatic carbocycles. The Hall–Kier alpha value is -1.77. The first-order chi connectivity index (χ1) is 15.8. The van der Waals surface area contributed by atoms with E-state index in [1.54, 1.807) is 12.2 Å². The Morgan fingerprint density at radius 3 is 2.33 bits per heavy atom. The van der Waals surface area contributed by atoms with Gasteiger partial charge in [-0.15, -0.1) is 0 Å². The van der Waals surface area contributed by atoms with Crippen molar-refractivity contribution in [3.63, 3.8) is 0 Å². The number of carbonyl (C=O) groups is 2. The number of hydrogen-bond donors (Lipinski definition) is 2. The van der Waals surface area contributed by atoms with E-state index in [4.69, 9.17) is 19.7 Å². The first kappa shape index (κ1) is 31.2. The second kappa shape index (κ2) is 20.8. The lowest BCUT2D eigenvalue weighted by Gasteiger charge is -2.19. The van der Waals surface area contributed by atoms with Crippen LogP contribution in [0.1, 0.15) is 65.2 Å². The minimum absolute atomic E-state index is 0.0328. The molecule has 9 nitrogen and oxygen atoms in total. The maximum atomic E-state index is 12.1. The molecule has 0 saturated carbocycles. The fourth-order valence-electron chi connectivity index (χ4n) is 2.40. The molecule has 3 N–H and O–H groups in total. The van der Waals surface area contributed by atoms with Crippen molar-refractivity contribution < 1.29 is 37.6 Å². The van der Waals surface area contributed by atoms with Crippen LogP contribution in [0, 0.1) is 0 Å². The van der Waals surface area contributed by atoms with Crippen molar-refractivity contribution in [2.24, 2.45) is 5.73 Å². The highest BCUT2D eigenvalue weighted by Gasteiger charge is 2.25. The molecule has 190 valence electrons. The van der Waals surface area contributed by atoms with E-state index in [-0.39, 0.29) is 32.6 Å². The summed E-state index contributed by atoms with van der Waals surface area (Å²) < 4.78 is 31.7. The van der Waals surface area contributed by atoms with Crippen LogP contribution < -0.4 is 5.73 Å². The predicted octanol–water partition coefficient (Wildman–Crippen LogP) is 4.36. The smallest absolute Gasteiger partial charge is 0.461 e. The topological polar surface area (TPSA) is 134 Å². The molecule has 0 aliphatic carbocycles. The zero-order valence-electron chi connectivity index (χ0n) is 19.9. The van der Waals surface area contributed by atoms with Gasteiger partial charge in [-0.05, 0) is 25.7 Å². The molecule has 0 rings (SSSR count). The van der Waals surface area contributed by atoms with E-state index in [0.29, 0.717) is 0 Å². The molecule has 0 bridgehead atoms. The van der Waals surface area contributed by atoms with Crippen LogP contribution in [0.2, 0.25) is 0 Å². The van der Waals surface area contributed by atoms with Gasteiger partial charge in [-0.2, -0.15) is 0 Å². The molecule has 1 unspecified atom stereocenters. The van der Waals surface area contributed by atoms with Crippen molar-refractivity contribution in [1.29, 1.82) is 0 Å². The fourth-order valence-corrected chi connectivity index (χ4v) is 3.17. The quantitative estimate of drug-likeness (QED) is 0.111. The number of rotatable bonds is 20. The number of carbonyl (C=O) groups excluding carboxylic acids is 2. The molecule has 0 fully saturated rings. The summed E-state index contributed by atoms with van der Waals surface area (Å²) in [4.78, 5) is 33.7. The lowest BCUT2D eigenvalue weighted by molar-refractivity contribution is -0.160. The Bertz CT molecular complexity index is 663. The molecule has 0 spiro atoms.